The van der Waals surface area contributed by atoms with Crippen LogP contribution in [0.15, 0.2) is 36.4 Å². The van der Waals surface area contributed by atoms with Crippen molar-refractivity contribution in [2.45, 2.75) is 71.9 Å². The quantitative estimate of drug-likeness (QED) is 0.561. The molecule has 0 aromatic heterocycles. The van der Waals surface area contributed by atoms with E-state index in [1.165, 1.54) is 0 Å². The molecule has 0 spiro atoms. The zero-order valence-corrected chi connectivity index (χ0v) is 22.9. The van der Waals surface area contributed by atoms with Crippen LogP contribution in [0.4, 0.5) is 4.39 Å². The van der Waals surface area contributed by atoms with Gasteiger partial charge < -0.3 is 0 Å². The van der Waals surface area contributed by atoms with Crippen molar-refractivity contribution >= 4 is 23.6 Å². The first-order valence-electron chi connectivity index (χ1n) is 13.9. The number of carbonyl (C=O) groups is 4. The van der Waals surface area contributed by atoms with Crippen molar-refractivity contribution in [2.24, 2.45) is 11.3 Å². The lowest BCUT2D eigenvalue weighted by Gasteiger charge is -2.38. The van der Waals surface area contributed by atoms with Crippen LogP contribution in [0.3, 0.4) is 0 Å². The van der Waals surface area contributed by atoms with Gasteiger partial charge in [-0.2, -0.15) is 0 Å². The molecule has 2 aromatic carbocycles. The van der Waals surface area contributed by atoms with Gasteiger partial charge in [0, 0.05) is 18.5 Å². The summed E-state index contributed by atoms with van der Waals surface area (Å²) in [5.74, 6) is -1.60. The molecule has 2 saturated heterocycles. The molecule has 7 nitrogen and oxygen atoms in total. The summed E-state index contributed by atoms with van der Waals surface area (Å²) >= 11 is 0. The van der Waals surface area contributed by atoms with Gasteiger partial charge in [0.2, 0.25) is 11.8 Å². The number of rotatable bonds is 6. The van der Waals surface area contributed by atoms with Crippen molar-refractivity contribution in [2.75, 3.05) is 13.1 Å². The molecule has 0 aliphatic carbocycles. The summed E-state index contributed by atoms with van der Waals surface area (Å²) in [6.07, 6.45) is 3.41. The molecule has 3 heterocycles. The molecule has 5 rings (SSSR count). The van der Waals surface area contributed by atoms with Crippen LogP contribution in [0.1, 0.15) is 83.9 Å². The number of aryl methyl sites for hydroxylation is 2. The third-order valence-corrected chi connectivity index (χ3v) is 8.56. The van der Waals surface area contributed by atoms with Crippen molar-refractivity contribution in [3.8, 4) is 0 Å². The van der Waals surface area contributed by atoms with Crippen LogP contribution in [0.25, 0.3) is 0 Å². The maximum absolute atomic E-state index is 15.1. The highest BCUT2D eigenvalue weighted by molar-refractivity contribution is 6.24. The van der Waals surface area contributed by atoms with Crippen molar-refractivity contribution in [1.82, 2.24) is 15.1 Å². The van der Waals surface area contributed by atoms with Gasteiger partial charge in [-0.25, -0.2) is 4.39 Å². The number of nitrogens with one attached hydrogen (secondary N) is 1. The fourth-order valence-corrected chi connectivity index (χ4v) is 6.14. The summed E-state index contributed by atoms with van der Waals surface area (Å²) in [5, 5.41) is 2.22. The van der Waals surface area contributed by atoms with E-state index in [0.29, 0.717) is 47.4 Å². The van der Waals surface area contributed by atoms with E-state index in [9.17, 15) is 19.2 Å². The van der Waals surface area contributed by atoms with Crippen molar-refractivity contribution in [3.63, 3.8) is 0 Å². The second kappa shape index (κ2) is 10.6. The first kappa shape index (κ1) is 27.2. The lowest BCUT2D eigenvalue weighted by molar-refractivity contribution is -0.136. The molecule has 0 radical (unpaired) electrons. The zero-order chi connectivity index (χ0) is 27.9. The average molecular weight is 534 g/mol. The number of amides is 4. The normalized spacial score (nSPS) is 20.9. The van der Waals surface area contributed by atoms with E-state index in [1.807, 2.05) is 12.1 Å². The van der Waals surface area contributed by atoms with Gasteiger partial charge in [-0.05, 0) is 79.8 Å². The summed E-state index contributed by atoms with van der Waals surface area (Å²) in [6, 6.07) is 9.47. The van der Waals surface area contributed by atoms with Crippen molar-refractivity contribution in [1.29, 1.82) is 0 Å². The molecule has 1 atom stereocenters. The van der Waals surface area contributed by atoms with Gasteiger partial charge >= 0.3 is 0 Å². The minimum absolute atomic E-state index is 0.0768. The predicted molar refractivity (Wildman–Crippen MR) is 144 cm³/mol. The standard InChI is InChI=1S/C31H36FN3O4/c1-31(2,3)22-13-15-34(16-14-22)18-21-10-8-19(17-24(21)32)7-9-20-5-4-6-23-27(20)30(39)35(29(23)38)25-11-12-26(36)33-28(25)37/h4-6,8,10,17,22,25H,7,9,11-16,18H2,1-3H3,(H,33,36,37). The molecule has 0 bridgehead atoms. The highest BCUT2D eigenvalue weighted by atomic mass is 19.1. The molecule has 39 heavy (non-hydrogen) atoms. The molecule has 3 aliphatic heterocycles. The maximum atomic E-state index is 15.1. The van der Waals surface area contributed by atoms with Crippen LogP contribution >= 0.6 is 0 Å². The molecular weight excluding hydrogens is 497 g/mol. The van der Waals surface area contributed by atoms with Crippen LogP contribution in [0.2, 0.25) is 0 Å². The van der Waals surface area contributed by atoms with E-state index < -0.39 is 29.7 Å². The highest BCUT2D eigenvalue weighted by Crippen LogP contribution is 2.35. The Kier molecular flexibility index (Phi) is 7.42. The Labute approximate surface area is 228 Å². The number of likely N-dealkylation sites (tertiary alicyclic amines) is 1. The Hall–Kier alpha value is -3.39. The van der Waals surface area contributed by atoms with E-state index in [0.717, 1.165) is 36.4 Å². The largest absolute Gasteiger partial charge is 0.299 e. The summed E-state index contributed by atoms with van der Waals surface area (Å²) < 4.78 is 15.1. The molecule has 4 amide bonds. The van der Waals surface area contributed by atoms with Gasteiger partial charge in [0.25, 0.3) is 11.8 Å². The van der Waals surface area contributed by atoms with Gasteiger partial charge in [0.05, 0.1) is 11.1 Å². The Bertz CT molecular complexity index is 1320. The molecule has 0 saturated carbocycles. The van der Waals surface area contributed by atoms with Gasteiger partial charge in [-0.15, -0.1) is 0 Å². The Morgan fingerprint density at radius 1 is 0.923 bits per heavy atom. The molecule has 8 heteroatoms. The topological polar surface area (TPSA) is 86.8 Å². The van der Waals surface area contributed by atoms with Crippen LogP contribution in [0, 0.1) is 17.2 Å². The number of piperidine rings is 2. The minimum Gasteiger partial charge on any atom is -0.299 e. The van der Waals surface area contributed by atoms with Gasteiger partial charge in [-0.3, -0.25) is 34.3 Å². The third kappa shape index (κ3) is 5.53. The van der Waals surface area contributed by atoms with E-state index in [1.54, 1.807) is 24.3 Å². The molecule has 1 N–H and O–H groups in total. The minimum atomic E-state index is -0.996. The Balaban J connectivity index is 1.24. The number of hydrogen-bond donors (Lipinski definition) is 1. The third-order valence-electron chi connectivity index (χ3n) is 8.56. The molecule has 3 aliphatic rings. The average Bonchev–Trinajstić information content (AvgIpc) is 3.14. The number of nitrogens with zero attached hydrogens (tertiary/aromatic N) is 2. The van der Waals surface area contributed by atoms with Crippen LogP contribution in [-0.2, 0) is 29.0 Å². The number of hydrogen-bond acceptors (Lipinski definition) is 5. The smallest absolute Gasteiger partial charge is 0.262 e. The Morgan fingerprint density at radius 2 is 1.67 bits per heavy atom. The van der Waals surface area contributed by atoms with E-state index in [-0.39, 0.29) is 24.2 Å². The Morgan fingerprint density at radius 3 is 2.33 bits per heavy atom. The summed E-state index contributed by atoms with van der Waals surface area (Å²) in [7, 11) is 0. The van der Waals surface area contributed by atoms with E-state index in [2.05, 4.69) is 31.0 Å². The zero-order valence-electron chi connectivity index (χ0n) is 22.9. The maximum Gasteiger partial charge on any atom is 0.262 e. The van der Waals surface area contributed by atoms with Gasteiger partial charge in [-0.1, -0.05) is 45.0 Å². The van der Waals surface area contributed by atoms with E-state index in [4.69, 9.17) is 0 Å². The SMILES string of the molecule is CC(C)(C)C1CCN(Cc2ccc(CCc3cccc4c3C(=O)N(C3CCC(=O)NC3=O)C4=O)cc2F)CC1. The summed E-state index contributed by atoms with van der Waals surface area (Å²) in [4.78, 5) is 53.5. The van der Waals surface area contributed by atoms with Gasteiger partial charge in [0.15, 0.2) is 0 Å². The molecular formula is C31H36FN3O4. The van der Waals surface area contributed by atoms with Crippen molar-refractivity contribution < 1.29 is 23.6 Å². The first-order chi connectivity index (χ1) is 18.5. The fourth-order valence-electron chi connectivity index (χ4n) is 6.14. The number of benzene rings is 2. The number of imide groups is 2. The summed E-state index contributed by atoms with van der Waals surface area (Å²) in [6.45, 7) is 9.42. The number of halogens is 1. The second-order valence-corrected chi connectivity index (χ2v) is 12.1. The second-order valence-electron chi connectivity index (χ2n) is 12.1. The van der Waals surface area contributed by atoms with Crippen LogP contribution < -0.4 is 5.32 Å². The lowest BCUT2D eigenvalue weighted by Crippen LogP contribution is -2.54. The monoisotopic (exact) mass is 533 g/mol. The molecule has 2 fully saturated rings. The lowest BCUT2D eigenvalue weighted by atomic mass is 9.75. The number of carbonyl (C=O) groups excluding carboxylic acids is 4. The first-order valence-corrected chi connectivity index (χ1v) is 13.9. The van der Waals surface area contributed by atoms with Crippen LogP contribution in [0.5, 0.6) is 0 Å². The fraction of sp³-hybridized carbons (Fsp3) is 0.484. The predicted octanol–water partition coefficient (Wildman–Crippen LogP) is 4.27. The van der Waals surface area contributed by atoms with Gasteiger partial charge in [0.1, 0.15) is 11.9 Å². The molecule has 206 valence electrons. The van der Waals surface area contributed by atoms with E-state index >= 15 is 4.39 Å². The number of fused-ring (bicyclic) bond motifs is 1. The highest BCUT2D eigenvalue weighted by Gasteiger charge is 2.45. The molecule has 2 aromatic rings. The molecule has 1 unspecified atom stereocenters. The van der Waals surface area contributed by atoms with Crippen LogP contribution in [-0.4, -0.2) is 52.6 Å². The van der Waals surface area contributed by atoms with Crippen molar-refractivity contribution in [3.05, 3.63) is 70.0 Å². The summed E-state index contributed by atoms with van der Waals surface area (Å²) in [5.41, 5.74) is 3.06.